The molecule has 6 heteroatoms. The molecule has 0 saturated heterocycles. The molecule has 1 rings (SSSR count). The number of benzene rings is 1. The van der Waals surface area contributed by atoms with Crippen molar-refractivity contribution in [2.45, 2.75) is 4.90 Å². The second kappa shape index (κ2) is 5.16. The molecule has 0 aliphatic heterocycles. The van der Waals surface area contributed by atoms with E-state index in [0.29, 0.717) is 22.4 Å². The van der Waals surface area contributed by atoms with Crippen molar-refractivity contribution in [2.75, 3.05) is 0 Å². The number of nitro groups is 1. The van der Waals surface area contributed by atoms with E-state index in [4.69, 9.17) is 5.11 Å². The molecule has 0 radical (unpaired) electrons. The van der Waals surface area contributed by atoms with Gasteiger partial charge in [0.05, 0.1) is 4.90 Å². The average molecular weight is 225 g/mol. The number of carboxylic acids is 1. The Morgan fingerprint density at radius 1 is 1.40 bits per heavy atom. The van der Waals surface area contributed by atoms with Crippen molar-refractivity contribution in [3.05, 3.63) is 46.0 Å². The zero-order valence-electron chi connectivity index (χ0n) is 7.49. The minimum atomic E-state index is -1.03. The van der Waals surface area contributed by atoms with Gasteiger partial charge in [0.2, 0.25) is 0 Å². The first-order valence-electron chi connectivity index (χ1n) is 3.91. The summed E-state index contributed by atoms with van der Waals surface area (Å²) in [5.41, 5.74) is 0.685. The van der Waals surface area contributed by atoms with Crippen molar-refractivity contribution in [3.8, 4) is 0 Å². The first-order valence-corrected chi connectivity index (χ1v) is 4.69. The second-order valence-corrected chi connectivity index (χ2v) is 3.51. The molecule has 0 bridgehead atoms. The Kier molecular flexibility index (Phi) is 3.87. The quantitative estimate of drug-likeness (QED) is 0.367. The topological polar surface area (TPSA) is 80.4 Å². The molecule has 1 aromatic rings. The minimum absolute atomic E-state index is 0.498. The molecule has 0 aliphatic carbocycles. The lowest BCUT2D eigenvalue weighted by Gasteiger charge is -1.93. The molecule has 1 N–H and O–H groups in total. The van der Waals surface area contributed by atoms with E-state index in [1.165, 1.54) is 6.08 Å². The molecule has 5 nitrogen and oxygen atoms in total. The van der Waals surface area contributed by atoms with Crippen LogP contribution in [0.4, 0.5) is 0 Å². The lowest BCUT2D eigenvalue weighted by molar-refractivity contribution is -0.284. The third kappa shape index (κ3) is 4.28. The van der Waals surface area contributed by atoms with E-state index in [0.717, 1.165) is 6.08 Å². The highest BCUT2D eigenvalue weighted by Gasteiger charge is 2.03. The molecule has 15 heavy (non-hydrogen) atoms. The maximum atomic E-state index is 10.2. The number of nitrogens with zero attached hydrogens (tertiary/aromatic N) is 1. The molecule has 0 aliphatic rings. The lowest BCUT2D eigenvalue weighted by atomic mass is 10.2. The Morgan fingerprint density at radius 3 is 2.47 bits per heavy atom. The van der Waals surface area contributed by atoms with Crippen LogP contribution in [-0.4, -0.2) is 15.4 Å². The number of hydrogen-bond acceptors (Lipinski definition) is 4. The van der Waals surface area contributed by atoms with Crippen LogP contribution in [0.25, 0.3) is 6.08 Å². The number of hydrogen-bond donors (Lipinski definition) is 1. The van der Waals surface area contributed by atoms with E-state index in [-0.39, 0.29) is 0 Å². The third-order valence-electron chi connectivity index (χ3n) is 1.48. The lowest BCUT2D eigenvalue weighted by Crippen LogP contribution is -1.86. The first-order chi connectivity index (χ1) is 7.08. The van der Waals surface area contributed by atoms with Crippen LogP contribution in [0.3, 0.4) is 0 Å². The zero-order valence-corrected chi connectivity index (χ0v) is 8.31. The molecule has 78 valence electrons. The monoisotopic (exact) mass is 225 g/mol. The van der Waals surface area contributed by atoms with Gasteiger partial charge in [0.25, 0.3) is 11.9 Å². The predicted molar refractivity (Wildman–Crippen MR) is 56.0 cm³/mol. The van der Waals surface area contributed by atoms with Gasteiger partial charge in [-0.3, -0.25) is 10.1 Å². The van der Waals surface area contributed by atoms with Crippen LogP contribution in [0, 0.1) is 10.1 Å². The summed E-state index contributed by atoms with van der Waals surface area (Å²) >= 11 is 0.513. The van der Waals surface area contributed by atoms with Gasteiger partial charge < -0.3 is 5.11 Å². The maximum Gasteiger partial charge on any atom is 0.328 e. The highest BCUT2D eigenvalue weighted by Crippen LogP contribution is 2.18. The van der Waals surface area contributed by atoms with Crippen LogP contribution in [0.2, 0.25) is 0 Å². The van der Waals surface area contributed by atoms with Crippen molar-refractivity contribution in [2.24, 2.45) is 0 Å². The van der Waals surface area contributed by atoms with Crippen molar-refractivity contribution in [1.82, 2.24) is 0 Å². The largest absolute Gasteiger partial charge is 0.478 e. The average Bonchev–Trinajstić information content (AvgIpc) is 2.16. The molecule has 0 amide bonds. The number of carbonyl (C=O) groups is 1. The van der Waals surface area contributed by atoms with Crippen molar-refractivity contribution in [3.63, 3.8) is 0 Å². The second-order valence-electron chi connectivity index (χ2n) is 2.56. The van der Waals surface area contributed by atoms with Crippen molar-refractivity contribution in [1.29, 1.82) is 0 Å². The van der Waals surface area contributed by atoms with Crippen molar-refractivity contribution < 1.29 is 14.2 Å². The standard InChI is InChI=1S/C9H7NO4S/c11-9(12)6-3-7-1-4-8(5-2-7)15-10(13)14/h1-6H,(H,11,12). The van der Waals surface area contributed by atoms with Crippen LogP contribution in [0.15, 0.2) is 35.2 Å². The normalized spacial score (nSPS) is 10.4. The molecule has 0 fully saturated rings. The summed E-state index contributed by atoms with van der Waals surface area (Å²) in [6.07, 6.45) is 2.43. The van der Waals surface area contributed by atoms with E-state index < -0.39 is 10.3 Å². The molecule has 1 aromatic carbocycles. The van der Waals surface area contributed by atoms with Gasteiger partial charge in [-0.25, -0.2) is 4.79 Å². The fourth-order valence-electron chi connectivity index (χ4n) is 0.893. The Hall–Kier alpha value is -1.82. The van der Waals surface area contributed by atoms with E-state index in [9.17, 15) is 14.9 Å². The minimum Gasteiger partial charge on any atom is -0.478 e. The van der Waals surface area contributed by atoms with Crippen LogP contribution in [-0.2, 0) is 4.79 Å². The Bertz CT molecular complexity index is 399. The number of carboxylic acid groups (broad SMARTS) is 1. The summed E-state index contributed by atoms with van der Waals surface area (Å²) in [7, 11) is 0. The van der Waals surface area contributed by atoms with Crippen LogP contribution >= 0.6 is 11.9 Å². The van der Waals surface area contributed by atoms with E-state index in [1.54, 1.807) is 24.3 Å². The summed E-state index contributed by atoms with van der Waals surface area (Å²) in [5.74, 6) is -1.03. The van der Waals surface area contributed by atoms with Gasteiger partial charge in [0, 0.05) is 6.08 Å². The zero-order chi connectivity index (χ0) is 11.3. The fourth-order valence-corrected chi connectivity index (χ4v) is 1.32. The SMILES string of the molecule is O=C(O)C=Cc1ccc(S[N+](=O)[O-])cc1. The smallest absolute Gasteiger partial charge is 0.328 e. The van der Waals surface area contributed by atoms with Gasteiger partial charge in [0.15, 0.2) is 0 Å². The summed E-state index contributed by atoms with van der Waals surface area (Å²) in [6, 6.07) is 6.36. The Labute approximate surface area is 89.7 Å². The van der Waals surface area contributed by atoms with Gasteiger partial charge in [0.1, 0.15) is 4.33 Å². The molecular weight excluding hydrogens is 218 g/mol. The van der Waals surface area contributed by atoms with Crippen LogP contribution in [0.5, 0.6) is 0 Å². The predicted octanol–water partition coefficient (Wildman–Crippen LogP) is 2.07. The maximum absolute atomic E-state index is 10.2. The first kappa shape index (κ1) is 11.3. The fraction of sp³-hybridized carbons (Fsp3) is 0. The molecule has 0 saturated carbocycles. The summed E-state index contributed by atoms with van der Waals surface area (Å²) < 4.78 is -0.498. The third-order valence-corrected chi connectivity index (χ3v) is 2.11. The Morgan fingerprint density at radius 2 is 2.00 bits per heavy atom. The van der Waals surface area contributed by atoms with Crippen LogP contribution in [0.1, 0.15) is 5.56 Å². The number of rotatable bonds is 4. The van der Waals surface area contributed by atoms with E-state index >= 15 is 0 Å². The number of aliphatic carboxylic acids is 1. The van der Waals surface area contributed by atoms with E-state index in [2.05, 4.69) is 0 Å². The van der Waals surface area contributed by atoms with Crippen LogP contribution < -0.4 is 0 Å². The molecule has 0 unspecified atom stereocenters. The molecule has 0 atom stereocenters. The molecule has 0 spiro atoms. The summed E-state index contributed by atoms with van der Waals surface area (Å²) in [6.45, 7) is 0. The van der Waals surface area contributed by atoms with Gasteiger partial charge in [-0.05, 0) is 23.8 Å². The molecular formula is C9H7NO4S. The van der Waals surface area contributed by atoms with E-state index in [1.807, 2.05) is 0 Å². The Balaban J connectivity index is 2.72. The van der Waals surface area contributed by atoms with Gasteiger partial charge in [-0.1, -0.05) is 12.1 Å². The van der Waals surface area contributed by atoms with Gasteiger partial charge in [-0.15, -0.1) is 0 Å². The van der Waals surface area contributed by atoms with Gasteiger partial charge in [-0.2, -0.15) is 0 Å². The highest BCUT2D eigenvalue weighted by atomic mass is 32.2. The summed E-state index contributed by atoms with van der Waals surface area (Å²) in [5, 5.41) is 18.5. The highest BCUT2D eigenvalue weighted by molar-refractivity contribution is 7.93. The van der Waals surface area contributed by atoms with Gasteiger partial charge >= 0.3 is 5.97 Å². The summed E-state index contributed by atoms with van der Waals surface area (Å²) in [4.78, 5) is 20.9. The molecule has 0 heterocycles. The molecule has 0 aromatic heterocycles. The van der Waals surface area contributed by atoms with Crippen molar-refractivity contribution >= 4 is 24.0 Å².